The Morgan fingerprint density at radius 3 is 1.75 bits per heavy atom. The number of nitrogens with zero attached hydrogens (tertiary/aromatic N) is 1. The second-order valence-electron chi connectivity index (χ2n) is 3.87. The molecule has 0 bridgehead atoms. The molecule has 1 heterocycles. The lowest BCUT2D eigenvalue weighted by atomic mass is 9.95. The van der Waals surface area contributed by atoms with Gasteiger partial charge in [-0.3, -0.25) is 0 Å². The Kier molecular flexibility index (Phi) is 4.62. The highest BCUT2D eigenvalue weighted by atomic mass is 16.6. The van der Waals surface area contributed by atoms with E-state index in [2.05, 4.69) is 23.7 Å². The van der Waals surface area contributed by atoms with Crippen molar-refractivity contribution in [1.29, 1.82) is 0 Å². The summed E-state index contributed by atoms with van der Waals surface area (Å²) in [5.74, 6) is 0. The van der Waals surface area contributed by atoms with E-state index in [0.29, 0.717) is 0 Å². The highest BCUT2D eigenvalue weighted by Crippen LogP contribution is 2.20. The van der Waals surface area contributed by atoms with Gasteiger partial charge in [-0.15, -0.1) is 0 Å². The largest absolute Gasteiger partial charge is 0.377 e. The zero-order valence-corrected chi connectivity index (χ0v) is 8.38. The molecule has 2 aliphatic rings. The second-order valence-corrected chi connectivity index (χ2v) is 3.87. The molecule has 0 unspecified atom stereocenters. The lowest BCUT2D eigenvalue weighted by Crippen LogP contribution is -2.29. The molecule has 1 saturated heterocycles. The normalized spacial score (nSPS) is 23.2. The molecule has 2 fully saturated rings. The van der Waals surface area contributed by atoms with Crippen molar-refractivity contribution in [3.8, 4) is 0 Å². The zero-order valence-electron chi connectivity index (χ0n) is 8.38. The Bertz CT molecular complexity index is 104. The van der Waals surface area contributed by atoms with Gasteiger partial charge in [-0.05, 0) is 26.9 Å². The molecule has 0 aromatic carbocycles. The van der Waals surface area contributed by atoms with Crippen LogP contribution in [0.4, 0.5) is 0 Å². The van der Waals surface area contributed by atoms with E-state index in [4.69, 9.17) is 0 Å². The van der Waals surface area contributed by atoms with Crippen LogP contribution in [0, 0.1) is 0 Å². The summed E-state index contributed by atoms with van der Waals surface area (Å²) in [7, 11) is 4.38. The van der Waals surface area contributed by atoms with Crippen LogP contribution >= 0.6 is 0 Å². The first-order valence-corrected chi connectivity index (χ1v) is 5.05. The van der Waals surface area contributed by atoms with E-state index >= 15 is 0 Å². The number of hydrogen-bond donors (Lipinski definition) is 0. The fourth-order valence-electron chi connectivity index (χ4n) is 1.60. The molecule has 0 spiro atoms. The third-order valence-electron chi connectivity index (χ3n) is 2.51. The van der Waals surface area contributed by atoms with E-state index in [9.17, 15) is 0 Å². The first kappa shape index (κ1) is 10.0. The Morgan fingerprint density at radius 2 is 1.50 bits per heavy atom. The summed E-state index contributed by atoms with van der Waals surface area (Å²) in [5.41, 5.74) is 0. The van der Waals surface area contributed by atoms with Crippen LogP contribution in [0.3, 0.4) is 0 Å². The van der Waals surface area contributed by atoms with Crippen LogP contribution in [0.25, 0.3) is 0 Å². The molecular formula is C10H21NO. The van der Waals surface area contributed by atoms with Crippen LogP contribution in [-0.4, -0.2) is 38.3 Å². The molecule has 0 aromatic heterocycles. The summed E-state index contributed by atoms with van der Waals surface area (Å²) in [4.78, 5) is 2.36. The van der Waals surface area contributed by atoms with Gasteiger partial charge in [0.05, 0.1) is 13.2 Å². The molecule has 1 aliphatic heterocycles. The van der Waals surface area contributed by atoms with Crippen molar-refractivity contribution >= 4 is 0 Å². The minimum Gasteiger partial charge on any atom is -0.377 e. The third-order valence-corrected chi connectivity index (χ3v) is 2.51. The van der Waals surface area contributed by atoms with Crippen molar-refractivity contribution in [2.45, 2.75) is 38.1 Å². The van der Waals surface area contributed by atoms with Crippen LogP contribution in [-0.2, 0) is 4.74 Å². The number of rotatable bonds is 1. The van der Waals surface area contributed by atoms with Gasteiger partial charge in [-0.25, -0.2) is 0 Å². The maximum Gasteiger partial charge on any atom is 0.0701 e. The van der Waals surface area contributed by atoms with E-state index < -0.39 is 0 Å². The van der Waals surface area contributed by atoms with Gasteiger partial charge in [0.25, 0.3) is 0 Å². The molecule has 1 aliphatic carbocycles. The molecule has 72 valence electrons. The molecule has 0 amide bonds. The minimum absolute atomic E-state index is 0.888. The Morgan fingerprint density at radius 1 is 1.00 bits per heavy atom. The average Bonchev–Trinajstić information content (AvgIpc) is 2.92. The molecule has 1 saturated carbocycles. The minimum atomic E-state index is 0.888. The summed E-state index contributed by atoms with van der Waals surface area (Å²) < 4.78 is 4.50. The van der Waals surface area contributed by atoms with E-state index in [1.165, 1.54) is 32.1 Å². The SMILES string of the molecule is C1CO1.CN(C)C1CCCCC1. The van der Waals surface area contributed by atoms with Gasteiger partial charge in [0, 0.05) is 6.04 Å². The Labute approximate surface area is 75.9 Å². The Balaban J connectivity index is 0.000000200. The summed E-state index contributed by atoms with van der Waals surface area (Å²) in [6.07, 6.45) is 7.20. The highest BCUT2D eigenvalue weighted by Gasteiger charge is 2.13. The molecule has 0 atom stereocenters. The Hall–Kier alpha value is -0.0800. The van der Waals surface area contributed by atoms with E-state index in [-0.39, 0.29) is 0 Å². The van der Waals surface area contributed by atoms with Gasteiger partial charge < -0.3 is 9.64 Å². The maximum atomic E-state index is 4.50. The fraction of sp³-hybridized carbons (Fsp3) is 1.00. The summed E-state index contributed by atoms with van der Waals surface area (Å²) >= 11 is 0. The van der Waals surface area contributed by atoms with Crippen LogP contribution in [0.1, 0.15) is 32.1 Å². The molecule has 2 rings (SSSR count). The third kappa shape index (κ3) is 4.73. The van der Waals surface area contributed by atoms with Crippen molar-refractivity contribution in [1.82, 2.24) is 4.90 Å². The van der Waals surface area contributed by atoms with Crippen molar-refractivity contribution in [3.05, 3.63) is 0 Å². The topological polar surface area (TPSA) is 15.8 Å². The van der Waals surface area contributed by atoms with E-state index in [1.807, 2.05) is 0 Å². The van der Waals surface area contributed by atoms with Crippen LogP contribution in [0.15, 0.2) is 0 Å². The number of epoxide rings is 1. The van der Waals surface area contributed by atoms with Crippen molar-refractivity contribution in [2.75, 3.05) is 27.3 Å². The van der Waals surface area contributed by atoms with Gasteiger partial charge in [0.15, 0.2) is 0 Å². The summed E-state index contributed by atoms with van der Waals surface area (Å²) in [5, 5.41) is 0. The van der Waals surface area contributed by atoms with Crippen LogP contribution in [0.5, 0.6) is 0 Å². The average molecular weight is 171 g/mol. The molecule has 0 radical (unpaired) electrons. The predicted octanol–water partition coefficient (Wildman–Crippen LogP) is 1.90. The monoisotopic (exact) mass is 171 g/mol. The summed E-state index contributed by atoms with van der Waals surface area (Å²) in [6.45, 7) is 2.00. The lowest BCUT2D eigenvalue weighted by molar-refractivity contribution is 0.229. The lowest BCUT2D eigenvalue weighted by Gasteiger charge is -2.27. The van der Waals surface area contributed by atoms with Gasteiger partial charge in [-0.2, -0.15) is 0 Å². The predicted molar refractivity (Wildman–Crippen MR) is 51.4 cm³/mol. The van der Waals surface area contributed by atoms with Crippen LogP contribution in [0.2, 0.25) is 0 Å². The molecule has 2 heteroatoms. The molecule has 2 nitrogen and oxygen atoms in total. The van der Waals surface area contributed by atoms with Gasteiger partial charge in [0.1, 0.15) is 0 Å². The van der Waals surface area contributed by atoms with Gasteiger partial charge in [0.2, 0.25) is 0 Å². The summed E-state index contributed by atoms with van der Waals surface area (Å²) in [6, 6.07) is 0.888. The smallest absolute Gasteiger partial charge is 0.0701 e. The molecular weight excluding hydrogens is 150 g/mol. The fourth-order valence-corrected chi connectivity index (χ4v) is 1.60. The van der Waals surface area contributed by atoms with E-state index in [0.717, 1.165) is 19.3 Å². The standard InChI is InChI=1S/C8H17N.C2H4O/c1-9(2)8-6-4-3-5-7-8;1-2-3-1/h8H,3-7H2,1-2H3;1-2H2. The maximum absolute atomic E-state index is 4.50. The first-order chi connectivity index (χ1) is 5.80. The quantitative estimate of drug-likeness (QED) is 0.560. The molecule has 0 aromatic rings. The molecule has 12 heavy (non-hydrogen) atoms. The molecule has 0 N–H and O–H groups in total. The zero-order chi connectivity index (χ0) is 8.81. The van der Waals surface area contributed by atoms with Gasteiger partial charge >= 0.3 is 0 Å². The number of ether oxygens (including phenoxy) is 1. The second kappa shape index (κ2) is 5.55. The first-order valence-electron chi connectivity index (χ1n) is 5.05. The van der Waals surface area contributed by atoms with Gasteiger partial charge in [-0.1, -0.05) is 19.3 Å². The van der Waals surface area contributed by atoms with Crippen LogP contribution < -0.4 is 0 Å². The van der Waals surface area contributed by atoms with Crippen molar-refractivity contribution in [3.63, 3.8) is 0 Å². The van der Waals surface area contributed by atoms with E-state index in [1.54, 1.807) is 0 Å². The number of hydrogen-bond acceptors (Lipinski definition) is 2. The van der Waals surface area contributed by atoms with Crippen molar-refractivity contribution in [2.24, 2.45) is 0 Å². The highest BCUT2D eigenvalue weighted by molar-refractivity contribution is 4.70. The van der Waals surface area contributed by atoms with Crippen molar-refractivity contribution < 1.29 is 4.74 Å².